The van der Waals surface area contributed by atoms with Crippen molar-refractivity contribution in [2.24, 2.45) is 11.3 Å². The molecule has 1 saturated carbocycles. The molecule has 3 nitrogen and oxygen atoms in total. The molecule has 4 atom stereocenters. The largest absolute Gasteiger partial charge is 0.392 e. The molecule has 1 aliphatic carbocycles. The van der Waals surface area contributed by atoms with Gasteiger partial charge in [0.2, 0.25) is 0 Å². The Balaban J connectivity index is 2.63. The van der Waals surface area contributed by atoms with E-state index in [0.29, 0.717) is 6.42 Å². The molecule has 0 saturated heterocycles. The van der Waals surface area contributed by atoms with Gasteiger partial charge in [-0.2, -0.15) is 0 Å². The van der Waals surface area contributed by atoms with Gasteiger partial charge in [-0.1, -0.05) is 52.2 Å². The van der Waals surface area contributed by atoms with Gasteiger partial charge in [0, 0.05) is 12.3 Å². The molecule has 1 aliphatic rings. The van der Waals surface area contributed by atoms with Crippen molar-refractivity contribution in [1.29, 1.82) is 0 Å². The van der Waals surface area contributed by atoms with Crippen molar-refractivity contribution < 1.29 is 15.3 Å². The number of hydrogen-bond acceptors (Lipinski definition) is 3. The highest BCUT2D eigenvalue weighted by Crippen LogP contribution is 2.49. The maximum absolute atomic E-state index is 10.4. The molecule has 3 heteroatoms. The van der Waals surface area contributed by atoms with Gasteiger partial charge in [0.15, 0.2) is 0 Å². The molecule has 0 radical (unpaired) electrons. The third kappa shape index (κ3) is 4.04. The lowest BCUT2D eigenvalue weighted by atomic mass is 9.76. The molecular weight excluding hydrogens is 240 g/mol. The van der Waals surface area contributed by atoms with Gasteiger partial charge in [0.25, 0.3) is 0 Å². The fourth-order valence-electron chi connectivity index (χ4n) is 3.18. The molecule has 0 aromatic carbocycles. The Morgan fingerprint density at radius 1 is 1.26 bits per heavy atom. The van der Waals surface area contributed by atoms with Crippen LogP contribution in [0.25, 0.3) is 0 Å². The highest BCUT2D eigenvalue weighted by molar-refractivity contribution is 5.13. The second kappa shape index (κ2) is 6.38. The Morgan fingerprint density at radius 2 is 1.89 bits per heavy atom. The fourth-order valence-corrected chi connectivity index (χ4v) is 3.18. The van der Waals surface area contributed by atoms with Crippen LogP contribution in [0.4, 0.5) is 0 Å². The minimum atomic E-state index is -0.900. The topological polar surface area (TPSA) is 60.7 Å². The highest BCUT2D eigenvalue weighted by Gasteiger charge is 2.53. The summed E-state index contributed by atoms with van der Waals surface area (Å²) in [6, 6.07) is 0. The lowest BCUT2D eigenvalue weighted by Crippen LogP contribution is -2.35. The molecule has 0 aromatic heterocycles. The zero-order valence-corrected chi connectivity index (χ0v) is 12.8. The Hall–Kier alpha value is -0.380. The summed E-state index contributed by atoms with van der Waals surface area (Å²) in [6.45, 7) is 7.85. The van der Waals surface area contributed by atoms with Crippen molar-refractivity contribution in [2.75, 3.05) is 0 Å². The van der Waals surface area contributed by atoms with Gasteiger partial charge in [-0.3, -0.25) is 0 Å². The van der Waals surface area contributed by atoms with Crippen molar-refractivity contribution in [3.05, 3.63) is 12.2 Å². The molecule has 112 valence electrons. The van der Waals surface area contributed by atoms with Gasteiger partial charge < -0.3 is 15.3 Å². The van der Waals surface area contributed by atoms with E-state index in [2.05, 4.69) is 6.92 Å². The van der Waals surface area contributed by atoms with E-state index >= 15 is 0 Å². The molecule has 3 N–H and O–H groups in total. The van der Waals surface area contributed by atoms with E-state index in [1.807, 2.05) is 19.9 Å². The molecular formula is C16H30O3. The van der Waals surface area contributed by atoms with Crippen molar-refractivity contribution in [3.63, 3.8) is 0 Å². The van der Waals surface area contributed by atoms with Crippen molar-refractivity contribution in [2.45, 2.75) is 77.6 Å². The number of aliphatic hydroxyl groups is 3. The molecule has 1 fully saturated rings. The van der Waals surface area contributed by atoms with Gasteiger partial charge in [-0.05, 0) is 18.8 Å². The first-order chi connectivity index (χ1) is 8.71. The lowest BCUT2D eigenvalue weighted by Gasteiger charge is -2.32. The summed E-state index contributed by atoms with van der Waals surface area (Å²) >= 11 is 0. The molecule has 0 spiro atoms. The standard InChI is InChI=1S/C16H30O3/c1-5-6-7-8-12(17)9-10-13-15(2,3)14(18)11-16(13,4)19/h9-10,12-14,17-19H,5-8,11H2,1-4H3/b10-9+. The third-order valence-corrected chi connectivity index (χ3v) is 4.57. The van der Waals surface area contributed by atoms with Crippen molar-refractivity contribution in [3.8, 4) is 0 Å². The third-order valence-electron chi connectivity index (χ3n) is 4.57. The van der Waals surface area contributed by atoms with Crippen LogP contribution in [-0.4, -0.2) is 33.1 Å². The normalized spacial score (nSPS) is 35.9. The Labute approximate surface area is 117 Å². The highest BCUT2D eigenvalue weighted by atomic mass is 16.3. The predicted octanol–water partition coefficient (Wildman–Crippen LogP) is 2.64. The number of unbranched alkanes of at least 4 members (excludes halogenated alkanes) is 2. The van der Waals surface area contributed by atoms with Gasteiger partial charge in [-0.15, -0.1) is 0 Å². The van der Waals surface area contributed by atoms with Gasteiger partial charge in [0.1, 0.15) is 0 Å². The zero-order chi connectivity index (χ0) is 14.7. The van der Waals surface area contributed by atoms with E-state index in [-0.39, 0.29) is 11.3 Å². The average molecular weight is 270 g/mol. The Bertz CT molecular complexity index is 307. The summed E-state index contributed by atoms with van der Waals surface area (Å²) in [6.07, 6.45) is 7.19. The van der Waals surface area contributed by atoms with Crippen LogP contribution in [0.2, 0.25) is 0 Å². The van der Waals surface area contributed by atoms with Crippen LogP contribution in [-0.2, 0) is 0 Å². The van der Waals surface area contributed by atoms with Gasteiger partial charge in [-0.25, -0.2) is 0 Å². The fraction of sp³-hybridized carbons (Fsp3) is 0.875. The monoisotopic (exact) mass is 270 g/mol. The molecule has 0 bridgehead atoms. The minimum Gasteiger partial charge on any atom is -0.392 e. The van der Waals surface area contributed by atoms with Crippen LogP contribution in [0.1, 0.15) is 59.8 Å². The van der Waals surface area contributed by atoms with Gasteiger partial charge in [0.05, 0.1) is 17.8 Å². The van der Waals surface area contributed by atoms with Crippen LogP contribution in [0, 0.1) is 11.3 Å². The van der Waals surface area contributed by atoms with Crippen molar-refractivity contribution in [1.82, 2.24) is 0 Å². The Morgan fingerprint density at radius 3 is 2.37 bits per heavy atom. The Kier molecular flexibility index (Phi) is 5.60. The molecule has 4 unspecified atom stereocenters. The molecule has 0 amide bonds. The van der Waals surface area contributed by atoms with E-state index in [1.54, 1.807) is 13.0 Å². The van der Waals surface area contributed by atoms with Crippen LogP contribution in [0.5, 0.6) is 0 Å². The molecule has 0 aromatic rings. The number of hydrogen-bond donors (Lipinski definition) is 3. The maximum Gasteiger partial charge on any atom is 0.0721 e. The SMILES string of the molecule is CCCCCC(O)/C=C/C1C(C)(O)CC(O)C1(C)C. The summed E-state index contributed by atoms with van der Waals surface area (Å²) in [5.74, 6) is -0.129. The second-order valence-corrected chi connectivity index (χ2v) is 6.82. The van der Waals surface area contributed by atoms with E-state index in [1.165, 1.54) is 0 Å². The summed E-state index contributed by atoms with van der Waals surface area (Å²) in [5, 5.41) is 30.4. The van der Waals surface area contributed by atoms with E-state index < -0.39 is 17.8 Å². The first kappa shape index (κ1) is 16.7. The molecule has 19 heavy (non-hydrogen) atoms. The maximum atomic E-state index is 10.4. The number of rotatable bonds is 6. The van der Waals surface area contributed by atoms with E-state index in [9.17, 15) is 15.3 Å². The number of aliphatic hydroxyl groups excluding tert-OH is 2. The molecule has 0 heterocycles. The van der Waals surface area contributed by atoms with E-state index in [4.69, 9.17) is 0 Å². The quantitative estimate of drug-likeness (QED) is 0.513. The second-order valence-electron chi connectivity index (χ2n) is 6.82. The lowest BCUT2D eigenvalue weighted by molar-refractivity contribution is 0.0181. The van der Waals surface area contributed by atoms with Crippen molar-refractivity contribution >= 4 is 0 Å². The summed E-state index contributed by atoms with van der Waals surface area (Å²) < 4.78 is 0. The zero-order valence-electron chi connectivity index (χ0n) is 12.8. The van der Waals surface area contributed by atoms with Crippen LogP contribution < -0.4 is 0 Å². The van der Waals surface area contributed by atoms with Crippen LogP contribution in [0.3, 0.4) is 0 Å². The van der Waals surface area contributed by atoms with Gasteiger partial charge >= 0.3 is 0 Å². The molecule has 1 rings (SSSR count). The summed E-state index contributed by atoms with van der Waals surface area (Å²) in [5.41, 5.74) is -1.26. The molecule has 0 aliphatic heterocycles. The van der Waals surface area contributed by atoms with Crippen LogP contribution in [0.15, 0.2) is 12.2 Å². The predicted molar refractivity (Wildman–Crippen MR) is 77.8 cm³/mol. The first-order valence-corrected chi connectivity index (χ1v) is 7.48. The first-order valence-electron chi connectivity index (χ1n) is 7.48. The average Bonchev–Trinajstić information content (AvgIpc) is 2.42. The minimum absolute atomic E-state index is 0.129. The smallest absolute Gasteiger partial charge is 0.0721 e. The van der Waals surface area contributed by atoms with E-state index in [0.717, 1.165) is 25.7 Å². The summed E-state index contributed by atoms with van der Waals surface area (Å²) in [7, 11) is 0. The van der Waals surface area contributed by atoms with Crippen LogP contribution >= 0.6 is 0 Å². The summed E-state index contributed by atoms with van der Waals surface area (Å²) in [4.78, 5) is 0.